The lowest BCUT2D eigenvalue weighted by atomic mass is 9.99. The molecule has 0 aliphatic carbocycles. The summed E-state index contributed by atoms with van der Waals surface area (Å²) in [5.41, 5.74) is 0. The number of ether oxygens (including phenoxy) is 2. The SMILES string of the molecule is CCCCCCCCCCCCCCCCCCCCCCCCCCC(=O)N[C@@H](CO[C@@H]1O[C@H](CO)[C@H](O)C(O)C1O)[C@H](O)CCCCCCCCCCCCC. The molecule has 0 saturated carbocycles. The number of nitrogens with one attached hydrogen (secondary N) is 1. The molecule has 346 valence electrons. The van der Waals surface area contributed by atoms with Gasteiger partial charge in [-0.05, 0) is 12.8 Å². The summed E-state index contributed by atoms with van der Waals surface area (Å²) >= 11 is 0. The monoisotopic (exact) mass is 828 g/mol. The van der Waals surface area contributed by atoms with Crippen LogP contribution in [0.4, 0.5) is 0 Å². The molecule has 58 heavy (non-hydrogen) atoms. The quantitative estimate of drug-likeness (QED) is 0.0333. The molecule has 1 amide bonds. The standard InChI is InChI=1S/C49H97NO8/c1-3-5-7-9-11-13-15-16-17-18-19-20-21-22-23-24-25-26-27-29-31-33-35-37-39-45(53)50-42(41-57-49-48(56)47(55)46(54)44(40-51)58-49)43(52)38-36-34-32-30-28-14-12-10-8-6-4-2/h42-44,46-49,51-52,54-56H,3-41H2,1-2H3,(H,50,53)/t42-,43+,44+,46-,47?,48?,49+/m0/s1. The number of hydrogen-bond acceptors (Lipinski definition) is 8. The fraction of sp³-hybridized carbons (Fsp3) is 0.980. The number of aliphatic hydroxyl groups excluding tert-OH is 5. The highest BCUT2D eigenvalue weighted by molar-refractivity contribution is 5.76. The molecule has 0 aromatic carbocycles. The summed E-state index contributed by atoms with van der Waals surface area (Å²) < 4.78 is 11.3. The van der Waals surface area contributed by atoms with E-state index in [1.54, 1.807) is 0 Å². The van der Waals surface area contributed by atoms with Crippen molar-refractivity contribution in [1.29, 1.82) is 0 Å². The molecular formula is C49H97NO8. The minimum atomic E-state index is -1.55. The van der Waals surface area contributed by atoms with E-state index >= 15 is 0 Å². The van der Waals surface area contributed by atoms with E-state index in [9.17, 15) is 30.3 Å². The minimum Gasteiger partial charge on any atom is -0.394 e. The Bertz CT molecular complexity index is 878. The van der Waals surface area contributed by atoms with Gasteiger partial charge in [-0.2, -0.15) is 0 Å². The van der Waals surface area contributed by atoms with Crippen molar-refractivity contribution in [2.45, 2.75) is 294 Å². The zero-order valence-corrected chi connectivity index (χ0v) is 38.1. The molecule has 0 bridgehead atoms. The van der Waals surface area contributed by atoms with E-state index in [0.29, 0.717) is 12.8 Å². The number of unbranched alkanes of at least 4 members (excludes halogenated alkanes) is 33. The molecule has 6 N–H and O–H groups in total. The van der Waals surface area contributed by atoms with Crippen molar-refractivity contribution in [1.82, 2.24) is 5.32 Å². The van der Waals surface area contributed by atoms with Crippen molar-refractivity contribution in [3.8, 4) is 0 Å². The van der Waals surface area contributed by atoms with E-state index in [1.165, 1.54) is 186 Å². The lowest BCUT2D eigenvalue weighted by Gasteiger charge is -2.40. The summed E-state index contributed by atoms with van der Waals surface area (Å²) in [5, 5.41) is 54.3. The number of aliphatic hydroxyl groups is 5. The summed E-state index contributed by atoms with van der Waals surface area (Å²) in [6.07, 6.45) is 38.4. The Balaban J connectivity index is 2.18. The van der Waals surface area contributed by atoms with Crippen molar-refractivity contribution in [3.63, 3.8) is 0 Å². The molecule has 0 aromatic rings. The Labute approximate surface area is 357 Å². The van der Waals surface area contributed by atoms with Crippen molar-refractivity contribution in [2.24, 2.45) is 0 Å². The highest BCUT2D eigenvalue weighted by Gasteiger charge is 2.44. The van der Waals surface area contributed by atoms with Gasteiger partial charge in [0, 0.05) is 6.42 Å². The van der Waals surface area contributed by atoms with Crippen LogP contribution < -0.4 is 5.32 Å². The van der Waals surface area contributed by atoms with E-state index in [1.807, 2.05) is 0 Å². The summed E-state index contributed by atoms with van der Waals surface area (Å²) in [7, 11) is 0. The van der Waals surface area contributed by atoms with Gasteiger partial charge in [-0.1, -0.05) is 232 Å². The third-order valence-electron chi connectivity index (χ3n) is 12.5. The van der Waals surface area contributed by atoms with Gasteiger partial charge in [0.1, 0.15) is 24.4 Å². The van der Waals surface area contributed by atoms with Gasteiger partial charge in [-0.3, -0.25) is 4.79 Å². The number of hydrogen-bond donors (Lipinski definition) is 6. The summed E-state index contributed by atoms with van der Waals surface area (Å²) in [5.74, 6) is -0.140. The predicted octanol–water partition coefficient (Wildman–Crippen LogP) is 11.1. The van der Waals surface area contributed by atoms with Crippen LogP contribution in [0.1, 0.15) is 251 Å². The summed E-state index contributed by atoms with van der Waals surface area (Å²) in [6.45, 7) is 3.85. The highest BCUT2D eigenvalue weighted by Crippen LogP contribution is 2.23. The summed E-state index contributed by atoms with van der Waals surface area (Å²) in [4.78, 5) is 13.0. The lowest BCUT2D eigenvalue weighted by molar-refractivity contribution is -0.302. The molecule has 0 aromatic heterocycles. The van der Waals surface area contributed by atoms with Crippen LogP contribution in [-0.2, 0) is 14.3 Å². The third kappa shape index (κ3) is 30.3. The molecule has 9 heteroatoms. The minimum absolute atomic E-state index is 0.132. The van der Waals surface area contributed by atoms with E-state index < -0.39 is 49.5 Å². The molecule has 1 rings (SSSR count). The second-order valence-electron chi connectivity index (χ2n) is 18.0. The summed E-state index contributed by atoms with van der Waals surface area (Å²) in [6, 6.07) is -0.711. The predicted molar refractivity (Wildman–Crippen MR) is 240 cm³/mol. The first-order valence-electron chi connectivity index (χ1n) is 25.2. The van der Waals surface area contributed by atoms with Gasteiger partial charge in [0.15, 0.2) is 6.29 Å². The maximum Gasteiger partial charge on any atom is 0.220 e. The van der Waals surface area contributed by atoms with Gasteiger partial charge in [0.05, 0.1) is 25.4 Å². The maximum atomic E-state index is 13.0. The Morgan fingerprint density at radius 2 is 0.862 bits per heavy atom. The van der Waals surface area contributed by atoms with Gasteiger partial charge in [-0.15, -0.1) is 0 Å². The molecule has 9 nitrogen and oxygen atoms in total. The smallest absolute Gasteiger partial charge is 0.220 e. The molecule has 2 unspecified atom stereocenters. The van der Waals surface area contributed by atoms with Gasteiger partial charge in [0.2, 0.25) is 5.91 Å². The van der Waals surface area contributed by atoms with Crippen LogP contribution in [0.2, 0.25) is 0 Å². The molecule has 0 spiro atoms. The first kappa shape index (κ1) is 55.2. The Morgan fingerprint density at radius 1 is 0.517 bits per heavy atom. The molecule has 1 aliphatic rings. The van der Waals surface area contributed by atoms with Gasteiger partial charge >= 0.3 is 0 Å². The van der Waals surface area contributed by atoms with Crippen LogP contribution in [0.25, 0.3) is 0 Å². The van der Waals surface area contributed by atoms with Gasteiger partial charge < -0.3 is 40.3 Å². The largest absolute Gasteiger partial charge is 0.394 e. The molecule has 1 aliphatic heterocycles. The fourth-order valence-electron chi connectivity index (χ4n) is 8.40. The third-order valence-corrected chi connectivity index (χ3v) is 12.5. The molecular weight excluding hydrogens is 731 g/mol. The van der Waals surface area contributed by atoms with Crippen molar-refractivity contribution in [2.75, 3.05) is 13.2 Å². The van der Waals surface area contributed by atoms with Crippen LogP contribution in [0.3, 0.4) is 0 Å². The molecule has 0 radical (unpaired) electrons. The van der Waals surface area contributed by atoms with Crippen molar-refractivity contribution in [3.05, 3.63) is 0 Å². The Kier molecular flexibility index (Phi) is 38.3. The maximum absolute atomic E-state index is 13.0. The molecule has 1 fully saturated rings. The highest BCUT2D eigenvalue weighted by atomic mass is 16.7. The molecule has 1 saturated heterocycles. The molecule has 1 heterocycles. The van der Waals surface area contributed by atoms with E-state index in [-0.39, 0.29) is 12.5 Å². The first-order chi connectivity index (χ1) is 28.3. The van der Waals surface area contributed by atoms with E-state index in [2.05, 4.69) is 19.2 Å². The normalized spacial score (nSPS) is 20.7. The van der Waals surface area contributed by atoms with Crippen molar-refractivity contribution >= 4 is 5.91 Å². The van der Waals surface area contributed by atoms with Crippen molar-refractivity contribution < 1.29 is 39.8 Å². The zero-order valence-electron chi connectivity index (χ0n) is 38.1. The first-order valence-corrected chi connectivity index (χ1v) is 25.2. The van der Waals surface area contributed by atoms with Crippen LogP contribution in [-0.4, -0.2) is 87.5 Å². The number of carbonyl (C=O) groups is 1. The average Bonchev–Trinajstić information content (AvgIpc) is 3.22. The fourth-order valence-corrected chi connectivity index (χ4v) is 8.40. The zero-order chi connectivity index (χ0) is 42.3. The Morgan fingerprint density at radius 3 is 1.22 bits per heavy atom. The second kappa shape index (κ2) is 40.3. The Hall–Kier alpha value is -0.810. The lowest BCUT2D eigenvalue weighted by Crippen LogP contribution is -2.60. The van der Waals surface area contributed by atoms with Crippen LogP contribution in [0, 0.1) is 0 Å². The molecule has 7 atom stereocenters. The van der Waals surface area contributed by atoms with Crippen LogP contribution in [0.15, 0.2) is 0 Å². The van der Waals surface area contributed by atoms with Gasteiger partial charge in [0.25, 0.3) is 0 Å². The van der Waals surface area contributed by atoms with Gasteiger partial charge in [-0.25, -0.2) is 0 Å². The van der Waals surface area contributed by atoms with Crippen LogP contribution >= 0.6 is 0 Å². The van der Waals surface area contributed by atoms with E-state index in [4.69, 9.17) is 9.47 Å². The topological polar surface area (TPSA) is 149 Å². The average molecular weight is 828 g/mol. The van der Waals surface area contributed by atoms with E-state index in [0.717, 1.165) is 38.5 Å². The number of rotatable bonds is 43. The number of carbonyl (C=O) groups excluding carboxylic acids is 1. The van der Waals surface area contributed by atoms with Crippen LogP contribution in [0.5, 0.6) is 0 Å². The number of amides is 1. The second-order valence-corrected chi connectivity index (χ2v) is 18.0.